The van der Waals surface area contributed by atoms with E-state index in [1.807, 2.05) is 0 Å². The van der Waals surface area contributed by atoms with Gasteiger partial charge in [-0.1, -0.05) is 251 Å². The molecule has 0 aromatic rings. The molecule has 1 atom stereocenters. The van der Waals surface area contributed by atoms with Crippen LogP contribution in [0.15, 0.2) is 12.2 Å². The van der Waals surface area contributed by atoms with Crippen LogP contribution >= 0.6 is 0 Å². The van der Waals surface area contributed by atoms with Gasteiger partial charge in [0.1, 0.15) is 13.2 Å². The molecule has 0 radical (unpaired) electrons. The van der Waals surface area contributed by atoms with E-state index in [2.05, 4.69) is 32.9 Å². The number of rotatable bonds is 50. The molecule has 0 aliphatic heterocycles. The van der Waals surface area contributed by atoms with E-state index < -0.39 is 6.10 Å². The van der Waals surface area contributed by atoms with Crippen LogP contribution in [-0.2, 0) is 28.6 Å². The maximum absolute atomic E-state index is 12.7. The normalized spacial score (nSPS) is 12.0. The van der Waals surface area contributed by atoms with Gasteiger partial charge in [-0.25, -0.2) is 0 Å². The monoisotopic (exact) mass is 861 g/mol. The van der Waals surface area contributed by atoms with Crippen LogP contribution in [0.25, 0.3) is 0 Å². The molecule has 0 saturated carbocycles. The van der Waals surface area contributed by atoms with E-state index >= 15 is 0 Å². The highest BCUT2D eigenvalue weighted by molar-refractivity contribution is 5.71. The molecule has 61 heavy (non-hydrogen) atoms. The molecular weight excluding hydrogens is 757 g/mol. The molecule has 0 heterocycles. The summed E-state index contributed by atoms with van der Waals surface area (Å²) < 4.78 is 16.8. The van der Waals surface area contributed by atoms with Crippen molar-refractivity contribution in [3.8, 4) is 0 Å². The highest BCUT2D eigenvalue weighted by atomic mass is 16.6. The maximum Gasteiger partial charge on any atom is 0.306 e. The minimum Gasteiger partial charge on any atom is -0.462 e. The van der Waals surface area contributed by atoms with Crippen molar-refractivity contribution in [1.29, 1.82) is 0 Å². The lowest BCUT2D eigenvalue weighted by atomic mass is 10.0. The van der Waals surface area contributed by atoms with E-state index in [4.69, 9.17) is 14.2 Å². The van der Waals surface area contributed by atoms with E-state index in [9.17, 15) is 14.4 Å². The van der Waals surface area contributed by atoms with Crippen molar-refractivity contribution < 1.29 is 28.6 Å². The van der Waals surface area contributed by atoms with Gasteiger partial charge >= 0.3 is 17.9 Å². The van der Waals surface area contributed by atoms with Crippen molar-refractivity contribution in [3.05, 3.63) is 12.2 Å². The second-order valence-electron chi connectivity index (χ2n) is 18.5. The molecule has 0 N–H and O–H groups in total. The average molecular weight is 861 g/mol. The first kappa shape index (κ1) is 59.1. The van der Waals surface area contributed by atoms with Gasteiger partial charge in [-0.05, 0) is 44.9 Å². The Morgan fingerprint density at radius 2 is 0.541 bits per heavy atom. The first-order chi connectivity index (χ1) is 30.0. The van der Waals surface area contributed by atoms with Gasteiger partial charge in [0.05, 0.1) is 0 Å². The fraction of sp³-hybridized carbons (Fsp3) is 0.909. The predicted octanol–water partition coefficient (Wildman–Crippen LogP) is 17.8. The minimum atomic E-state index is -0.766. The van der Waals surface area contributed by atoms with E-state index in [1.54, 1.807) is 0 Å². The second kappa shape index (κ2) is 50.8. The zero-order valence-electron chi connectivity index (χ0n) is 41.2. The second-order valence-corrected chi connectivity index (χ2v) is 18.5. The van der Waals surface area contributed by atoms with Crippen molar-refractivity contribution in [2.45, 2.75) is 309 Å². The van der Waals surface area contributed by atoms with Crippen molar-refractivity contribution >= 4 is 17.9 Å². The van der Waals surface area contributed by atoms with Crippen LogP contribution in [0.3, 0.4) is 0 Å². The molecule has 0 saturated heterocycles. The Hall–Kier alpha value is -1.85. The number of carbonyl (C=O) groups excluding carboxylic acids is 3. The van der Waals surface area contributed by atoms with Gasteiger partial charge in [-0.15, -0.1) is 0 Å². The van der Waals surface area contributed by atoms with E-state index in [-0.39, 0.29) is 31.1 Å². The Morgan fingerprint density at radius 1 is 0.311 bits per heavy atom. The van der Waals surface area contributed by atoms with Crippen molar-refractivity contribution in [2.24, 2.45) is 0 Å². The molecule has 6 nitrogen and oxygen atoms in total. The Bertz CT molecular complexity index is 947. The number of ether oxygens (including phenoxy) is 3. The van der Waals surface area contributed by atoms with Crippen LogP contribution in [0.1, 0.15) is 303 Å². The maximum atomic E-state index is 12.7. The van der Waals surface area contributed by atoms with Crippen LogP contribution < -0.4 is 0 Å². The van der Waals surface area contributed by atoms with Crippen LogP contribution in [0.4, 0.5) is 0 Å². The first-order valence-corrected chi connectivity index (χ1v) is 27.2. The molecule has 0 rings (SSSR count). The molecular formula is C55H104O6. The Morgan fingerprint density at radius 3 is 0.852 bits per heavy atom. The first-order valence-electron chi connectivity index (χ1n) is 27.2. The number of allylic oxidation sites excluding steroid dienone is 2. The quantitative estimate of drug-likeness (QED) is 0.0262. The van der Waals surface area contributed by atoms with Crippen LogP contribution in [0, 0.1) is 0 Å². The van der Waals surface area contributed by atoms with E-state index in [0.717, 1.165) is 64.2 Å². The topological polar surface area (TPSA) is 78.9 Å². The lowest BCUT2D eigenvalue weighted by Gasteiger charge is -2.18. The van der Waals surface area contributed by atoms with Crippen LogP contribution in [-0.4, -0.2) is 37.2 Å². The molecule has 0 spiro atoms. The smallest absolute Gasteiger partial charge is 0.306 e. The number of esters is 3. The van der Waals surface area contributed by atoms with Gasteiger partial charge in [-0.3, -0.25) is 14.4 Å². The van der Waals surface area contributed by atoms with Gasteiger partial charge < -0.3 is 14.2 Å². The molecule has 0 fully saturated rings. The summed E-state index contributed by atoms with van der Waals surface area (Å²) in [7, 11) is 0. The molecule has 0 amide bonds. The summed E-state index contributed by atoms with van der Waals surface area (Å²) in [5.74, 6) is -0.866. The third-order valence-electron chi connectivity index (χ3n) is 12.3. The van der Waals surface area contributed by atoms with E-state index in [1.165, 1.54) is 199 Å². The third kappa shape index (κ3) is 49.0. The van der Waals surface area contributed by atoms with Crippen molar-refractivity contribution in [3.63, 3.8) is 0 Å². The molecule has 0 aliphatic rings. The average Bonchev–Trinajstić information content (AvgIpc) is 3.26. The summed E-state index contributed by atoms with van der Waals surface area (Å²) in [4.78, 5) is 37.8. The van der Waals surface area contributed by atoms with Gasteiger partial charge in [0.15, 0.2) is 6.10 Å². The standard InChI is InChI=1S/C55H104O6/c1-4-7-10-13-16-19-21-23-24-25-26-27-28-29-30-31-32-33-35-36-39-42-45-48-54(57)60-51-52(50-59-53(56)47-44-41-38-18-15-12-9-6-3)61-55(58)49-46-43-40-37-34-22-20-17-14-11-8-5-2/h17,20,52H,4-16,18-19,21-51H2,1-3H3/b20-17-. The Labute approximate surface area is 380 Å². The van der Waals surface area contributed by atoms with Crippen LogP contribution in [0.5, 0.6) is 0 Å². The zero-order chi connectivity index (χ0) is 44.4. The summed E-state index contributed by atoms with van der Waals surface area (Å²) in [6, 6.07) is 0. The number of hydrogen-bond donors (Lipinski definition) is 0. The lowest BCUT2D eigenvalue weighted by molar-refractivity contribution is -0.167. The number of hydrogen-bond acceptors (Lipinski definition) is 6. The molecule has 0 aliphatic carbocycles. The fourth-order valence-electron chi connectivity index (χ4n) is 8.14. The van der Waals surface area contributed by atoms with Gasteiger partial charge in [0.25, 0.3) is 0 Å². The summed E-state index contributed by atoms with van der Waals surface area (Å²) in [6.07, 6.45) is 56.5. The minimum absolute atomic E-state index is 0.0685. The molecule has 0 bridgehead atoms. The predicted molar refractivity (Wildman–Crippen MR) is 261 cm³/mol. The summed E-state index contributed by atoms with van der Waals surface area (Å²) in [5.41, 5.74) is 0. The number of unbranched alkanes of at least 4 members (excludes halogenated alkanes) is 37. The van der Waals surface area contributed by atoms with Crippen molar-refractivity contribution in [2.75, 3.05) is 13.2 Å². The fourth-order valence-corrected chi connectivity index (χ4v) is 8.14. The summed E-state index contributed by atoms with van der Waals surface area (Å²) in [5, 5.41) is 0. The summed E-state index contributed by atoms with van der Waals surface area (Å²) in [6.45, 7) is 6.62. The molecule has 1 unspecified atom stereocenters. The molecule has 6 heteroatoms. The Kier molecular flexibility index (Phi) is 49.3. The highest BCUT2D eigenvalue weighted by Gasteiger charge is 2.19. The molecule has 0 aromatic heterocycles. The zero-order valence-corrected chi connectivity index (χ0v) is 41.2. The summed E-state index contributed by atoms with van der Waals surface area (Å²) >= 11 is 0. The van der Waals surface area contributed by atoms with Crippen LogP contribution in [0.2, 0.25) is 0 Å². The molecule has 0 aromatic carbocycles. The Balaban J connectivity index is 4.11. The van der Waals surface area contributed by atoms with Crippen molar-refractivity contribution in [1.82, 2.24) is 0 Å². The third-order valence-corrected chi connectivity index (χ3v) is 12.3. The van der Waals surface area contributed by atoms with Gasteiger partial charge in [0.2, 0.25) is 0 Å². The number of carbonyl (C=O) groups is 3. The molecule has 360 valence electrons. The highest BCUT2D eigenvalue weighted by Crippen LogP contribution is 2.17. The SMILES string of the molecule is CCCCC/C=C\CCCCCCCC(=O)OC(COC(=O)CCCCCCCCCC)COC(=O)CCCCCCCCCCCCCCCCCCCCCCCCC. The van der Waals surface area contributed by atoms with Gasteiger partial charge in [-0.2, -0.15) is 0 Å². The lowest BCUT2D eigenvalue weighted by Crippen LogP contribution is -2.30. The van der Waals surface area contributed by atoms with Gasteiger partial charge in [0, 0.05) is 19.3 Å². The largest absolute Gasteiger partial charge is 0.462 e. The van der Waals surface area contributed by atoms with E-state index in [0.29, 0.717) is 19.3 Å².